The number of rotatable bonds is 4. The highest BCUT2D eigenvalue weighted by Crippen LogP contribution is 2.32. The number of fused-ring (bicyclic) bond motifs is 3. The predicted octanol–water partition coefficient (Wildman–Crippen LogP) is 2.95. The monoisotopic (exact) mass is 447 g/mol. The van der Waals surface area contributed by atoms with Crippen LogP contribution in [0, 0.1) is 12.7 Å². The van der Waals surface area contributed by atoms with E-state index in [1.807, 2.05) is 20.0 Å². The van der Waals surface area contributed by atoms with Crippen LogP contribution in [0.2, 0.25) is 0 Å². The summed E-state index contributed by atoms with van der Waals surface area (Å²) in [4.78, 5) is 22.4. The SMILES string of the molecule is COCC1=CN(c2ncccc2F)N(C(=O)c2cc3c(cc2C)nc(N)c2cnn(C)c23)C1. The lowest BCUT2D eigenvalue weighted by Gasteiger charge is -2.28. The lowest BCUT2D eigenvalue weighted by Crippen LogP contribution is -2.41. The number of pyridine rings is 2. The fraction of sp³-hybridized carbons (Fsp3) is 0.217. The number of nitrogen functional groups attached to an aromatic ring is 1. The van der Waals surface area contributed by atoms with Crippen molar-refractivity contribution in [2.75, 3.05) is 31.0 Å². The minimum Gasteiger partial charge on any atom is -0.383 e. The third-order valence-electron chi connectivity index (χ3n) is 5.72. The van der Waals surface area contributed by atoms with Gasteiger partial charge in [-0.3, -0.25) is 9.48 Å². The summed E-state index contributed by atoms with van der Waals surface area (Å²) in [6, 6.07) is 6.44. The van der Waals surface area contributed by atoms with Crippen molar-refractivity contribution in [3.8, 4) is 0 Å². The number of nitrogens with zero attached hydrogens (tertiary/aromatic N) is 6. The lowest BCUT2D eigenvalue weighted by molar-refractivity contribution is 0.0775. The molecule has 4 aromatic rings. The molecule has 3 aromatic heterocycles. The number of methoxy groups -OCH3 is 1. The molecule has 2 N–H and O–H groups in total. The number of anilines is 2. The van der Waals surface area contributed by atoms with Gasteiger partial charge in [-0.05, 0) is 42.3 Å². The van der Waals surface area contributed by atoms with E-state index in [1.54, 1.807) is 30.3 Å². The van der Waals surface area contributed by atoms with Crippen molar-refractivity contribution in [2.24, 2.45) is 7.05 Å². The van der Waals surface area contributed by atoms with E-state index in [0.717, 1.165) is 27.4 Å². The zero-order valence-corrected chi connectivity index (χ0v) is 18.4. The first-order chi connectivity index (χ1) is 15.9. The Morgan fingerprint density at radius 1 is 1.30 bits per heavy atom. The molecule has 0 spiro atoms. The quantitative estimate of drug-likeness (QED) is 0.513. The van der Waals surface area contributed by atoms with Gasteiger partial charge in [0.1, 0.15) is 5.82 Å². The number of ether oxygens (including phenoxy) is 1. The van der Waals surface area contributed by atoms with Gasteiger partial charge >= 0.3 is 0 Å². The molecular weight excluding hydrogens is 425 g/mol. The maximum atomic E-state index is 14.6. The van der Waals surface area contributed by atoms with Crippen molar-refractivity contribution >= 4 is 39.3 Å². The summed E-state index contributed by atoms with van der Waals surface area (Å²) in [5, 5.41) is 8.67. The first-order valence-corrected chi connectivity index (χ1v) is 10.3. The summed E-state index contributed by atoms with van der Waals surface area (Å²) in [6.45, 7) is 2.40. The Morgan fingerprint density at radius 3 is 2.88 bits per heavy atom. The van der Waals surface area contributed by atoms with Crippen LogP contribution < -0.4 is 10.7 Å². The predicted molar refractivity (Wildman–Crippen MR) is 123 cm³/mol. The molecule has 4 heterocycles. The number of hydrazine groups is 1. The highest BCUT2D eigenvalue weighted by Gasteiger charge is 2.32. The maximum Gasteiger partial charge on any atom is 0.273 e. The summed E-state index contributed by atoms with van der Waals surface area (Å²) in [7, 11) is 3.39. The molecule has 10 heteroatoms. The smallest absolute Gasteiger partial charge is 0.273 e. The van der Waals surface area contributed by atoms with E-state index in [2.05, 4.69) is 15.1 Å². The third-order valence-corrected chi connectivity index (χ3v) is 5.72. The van der Waals surface area contributed by atoms with Gasteiger partial charge < -0.3 is 10.5 Å². The second-order valence-electron chi connectivity index (χ2n) is 7.95. The fourth-order valence-electron chi connectivity index (χ4n) is 4.19. The zero-order valence-electron chi connectivity index (χ0n) is 18.4. The average molecular weight is 447 g/mol. The number of hydrogen-bond acceptors (Lipinski definition) is 7. The molecule has 0 atom stereocenters. The highest BCUT2D eigenvalue weighted by molar-refractivity contribution is 6.10. The summed E-state index contributed by atoms with van der Waals surface area (Å²) < 4.78 is 21.5. The molecule has 33 heavy (non-hydrogen) atoms. The third kappa shape index (κ3) is 3.35. The Balaban J connectivity index is 1.63. The van der Waals surface area contributed by atoms with Crippen LogP contribution in [-0.2, 0) is 11.8 Å². The molecule has 5 rings (SSSR count). The first-order valence-electron chi connectivity index (χ1n) is 10.3. The van der Waals surface area contributed by atoms with E-state index in [4.69, 9.17) is 10.5 Å². The van der Waals surface area contributed by atoms with E-state index >= 15 is 0 Å². The van der Waals surface area contributed by atoms with Crippen LogP contribution >= 0.6 is 0 Å². The molecule has 0 aliphatic carbocycles. The Kier molecular flexibility index (Phi) is 4.94. The first kappa shape index (κ1) is 20.8. The van der Waals surface area contributed by atoms with Gasteiger partial charge in [0.2, 0.25) is 0 Å². The molecule has 0 saturated heterocycles. The van der Waals surface area contributed by atoms with Gasteiger partial charge in [0.25, 0.3) is 5.91 Å². The molecule has 168 valence electrons. The molecule has 1 aliphatic rings. The van der Waals surface area contributed by atoms with Crippen molar-refractivity contribution < 1.29 is 13.9 Å². The molecule has 0 saturated carbocycles. The van der Waals surface area contributed by atoms with Crippen LogP contribution in [0.15, 0.2) is 48.4 Å². The molecule has 0 fully saturated rings. The number of nitrogens with two attached hydrogens (primary N) is 1. The van der Waals surface area contributed by atoms with Gasteiger partial charge in [-0.1, -0.05) is 0 Å². The minimum atomic E-state index is -0.531. The summed E-state index contributed by atoms with van der Waals surface area (Å²) in [5.41, 5.74) is 9.58. The number of aromatic nitrogens is 4. The Hall–Kier alpha value is -4.05. The Labute approximate surface area is 188 Å². The molecule has 0 unspecified atom stereocenters. The average Bonchev–Trinajstić information content (AvgIpc) is 3.38. The molecule has 9 nitrogen and oxygen atoms in total. The fourth-order valence-corrected chi connectivity index (χ4v) is 4.19. The van der Waals surface area contributed by atoms with Gasteiger partial charge in [0, 0.05) is 37.5 Å². The van der Waals surface area contributed by atoms with Crippen LogP contribution in [-0.4, -0.2) is 50.9 Å². The molecule has 1 amide bonds. The van der Waals surface area contributed by atoms with Gasteiger partial charge in [-0.15, -0.1) is 0 Å². The highest BCUT2D eigenvalue weighted by atomic mass is 19.1. The second-order valence-corrected chi connectivity index (χ2v) is 7.95. The standard InChI is InChI=1S/C23H22FN7O2/c1-13-7-19-16(20-17(21(25)28-19)9-27-29(20)2)8-15(13)23(32)31-11-14(12-33-3)10-30(31)22-18(24)5-4-6-26-22/h4-10H,11-12H2,1-3H3,(H2,25,28). The van der Waals surface area contributed by atoms with Gasteiger partial charge in [0.05, 0.1) is 35.8 Å². The van der Waals surface area contributed by atoms with Crippen molar-refractivity contribution in [3.05, 3.63) is 65.4 Å². The summed E-state index contributed by atoms with van der Waals surface area (Å²) in [6.07, 6.45) is 4.83. The number of amides is 1. The lowest BCUT2D eigenvalue weighted by atomic mass is 10.0. The Bertz CT molecular complexity index is 1450. The second kappa shape index (κ2) is 7.82. The van der Waals surface area contributed by atoms with Gasteiger partial charge in [-0.2, -0.15) is 5.10 Å². The van der Waals surface area contributed by atoms with E-state index in [-0.39, 0.29) is 18.3 Å². The number of benzene rings is 1. The van der Waals surface area contributed by atoms with E-state index in [9.17, 15) is 9.18 Å². The molecule has 0 bridgehead atoms. The number of hydrogen-bond donors (Lipinski definition) is 1. The van der Waals surface area contributed by atoms with E-state index in [0.29, 0.717) is 23.5 Å². The molecule has 1 aliphatic heterocycles. The Morgan fingerprint density at radius 2 is 2.12 bits per heavy atom. The van der Waals surface area contributed by atoms with Crippen LogP contribution in [0.4, 0.5) is 16.0 Å². The van der Waals surface area contributed by atoms with Crippen LogP contribution in [0.25, 0.3) is 21.8 Å². The van der Waals surface area contributed by atoms with E-state index in [1.165, 1.54) is 28.3 Å². The zero-order chi connectivity index (χ0) is 23.3. The number of carbonyl (C=O) groups excluding carboxylic acids is 1. The molecular formula is C23H22FN7O2. The topological polar surface area (TPSA) is 102 Å². The normalized spacial score (nSPS) is 13.9. The van der Waals surface area contributed by atoms with Crippen molar-refractivity contribution in [2.45, 2.75) is 6.92 Å². The van der Waals surface area contributed by atoms with Crippen LogP contribution in [0.1, 0.15) is 15.9 Å². The number of carbonyl (C=O) groups is 1. The van der Waals surface area contributed by atoms with Crippen LogP contribution in [0.3, 0.4) is 0 Å². The minimum absolute atomic E-state index is 0.0406. The molecule has 1 aromatic carbocycles. The van der Waals surface area contributed by atoms with Gasteiger partial charge in [0.15, 0.2) is 11.6 Å². The van der Waals surface area contributed by atoms with Crippen molar-refractivity contribution in [3.63, 3.8) is 0 Å². The van der Waals surface area contributed by atoms with Crippen molar-refractivity contribution in [1.82, 2.24) is 24.8 Å². The number of halogens is 1. The van der Waals surface area contributed by atoms with Crippen molar-refractivity contribution in [1.29, 1.82) is 0 Å². The van der Waals surface area contributed by atoms with Gasteiger partial charge in [-0.25, -0.2) is 24.4 Å². The largest absolute Gasteiger partial charge is 0.383 e. The maximum absolute atomic E-state index is 14.6. The van der Waals surface area contributed by atoms with E-state index < -0.39 is 5.82 Å². The summed E-state index contributed by atoms with van der Waals surface area (Å²) >= 11 is 0. The molecule has 0 radical (unpaired) electrons. The number of aryl methyl sites for hydroxylation is 2. The van der Waals surface area contributed by atoms with Crippen LogP contribution in [0.5, 0.6) is 0 Å². The summed E-state index contributed by atoms with van der Waals surface area (Å²) in [5.74, 6) is -0.404.